The van der Waals surface area contributed by atoms with Gasteiger partial charge in [-0.1, -0.05) is 71.1 Å². The summed E-state index contributed by atoms with van der Waals surface area (Å²) in [7, 11) is 0. The molecule has 12 heteroatoms. The molecule has 0 aliphatic carbocycles. The van der Waals surface area contributed by atoms with Crippen LogP contribution in [0.25, 0.3) is 0 Å². The number of hydrogen-bond acceptors (Lipinski definition) is 8. The van der Waals surface area contributed by atoms with E-state index in [2.05, 4.69) is 5.32 Å². The van der Waals surface area contributed by atoms with E-state index in [4.69, 9.17) is 19.7 Å². The van der Waals surface area contributed by atoms with E-state index >= 15 is 0 Å². The molecule has 0 rings (SSSR count). The molecule has 0 bridgehead atoms. The van der Waals surface area contributed by atoms with Gasteiger partial charge in [-0.15, -0.1) is 0 Å². The first-order valence-corrected chi connectivity index (χ1v) is 16.7. The minimum absolute atomic E-state index is 0.00467. The Labute approximate surface area is 268 Å². The molecular formula is C33H57NO11. The van der Waals surface area contributed by atoms with Gasteiger partial charge in [0.1, 0.15) is 12.4 Å². The van der Waals surface area contributed by atoms with Gasteiger partial charge in [-0.2, -0.15) is 0 Å². The van der Waals surface area contributed by atoms with Crippen molar-refractivity contribution in [3.63, 3.8) is 0 Å². The van der Waals surface area contributed by atoms with Crippen LogP contribution in [0.15, 0.2) is 0 Å². The normalized spacial score (nSPS) is 12.4. The number of carbonyl (C=O) groups is 6. The lowest BCUT2D eigenvalue weighted by Gasteiger charge is -2.12. The Morgan fingerprint density at radius 2 is 1.07 bits per heavy atom. The highest BCUT2D eigenvalue weighted by molar-refractivity contribution is 5.85. The molecule has 0 aliphatic rings. The maximum Gasteiger partial charge on any atom is 0.306 e. The van der Waals surface area contributed by atoms with Crippen molar-refractivity contribution >= 4 is 35.4 Å². The summed E-state index contributed by atoms with van der Waals surface area (Å²) < 4.78 is 10.5. The highest BCUT2D eigenvalue weighted by Crippen LogP contribution is 2.17. The molecule has 0 aromatic carbocycles. The first-order chi connectivity index (χ1) is 21.6. The number of ether oxygens (including phenoxy) is 2. The monoisotopic (exact) mass is 643 g/mol. The first-order valence-electron chi connectivity index (χ1n) is 16.7. The number of rotatable bonds is 33. The van der Waals surface area contributed by atoms with E-state index < -0.39 is 29.7 Å². The third-order valence-corrected chi connectivity index (χ3v) is 7.66. The number of carbonyl (C=O) groups excluding carboxylic acids is 3. The van der Waals surface area contributed by atoms with Gasteiger partial charge in [-0.3, -0.25) is 28.8 Å². The molecule has 4 N–H and O–H groups in total. The zero-order valence-electron chi connectivity index (χ0n) is 27.2. The molecule has 1 amide bonds. The topological polar surface area (TPSA) is 194 Å². The van der Waals surface area contributed by atoms with E-state index in [0.29, 0.717) is 12.8 Å². The van der Waals surface area contributed by atoms with E-state index in [1.165, 1.54) is 19.3 Å². The summed E-state index contributed by atoms with van der Waals surface area (Å²) in [5, 5.41) is 29.7. The number of ketones is 2. The Bertz CT molecular complexity index is 862. The van der Waals surface area contributed by atoms with Gasteiger partial charge in [0.15, 0.2) is 5.78 Å². The molecule has 12 nitrogen and oxygen atoms in total. The summed E-state index contributed by atoms with van der Waals surface area (Å²) in [5.74, 6) is -5.09. The summed E-state index contributed by atoms with van der Waals surface area (Å²) in [6, 6.07) is 0. The standard InChI is InChI=1S/C33H57NO11/c1-2-26(32(40)41)23-29(36)25-45-22-21-44-20-19-34-30(37)18-17-27(33(42)43)24-28(35)15-13-11-9-7-5-3-4-6-8-10-12-14-16-31(38)39/h26-27H,2-25H2,1H3,(H,34,37)(H,38,39)(H,40,41)(H,42,43)/t26-,27-/m1/s1. The van der Waals surface area contributed by atoms with Crippen LogP contribution in [0, 0.1) is 11.8 Å². The zero-order valence-corrected chi connectivity index (χ0v) is 27.2. The van der Waals surface area contributed by atoms with Crippen molar-refractivity contribution in [2.75, 3.05) is 33.0 Å². The Balaban J connectivity index is 3.78. The van der Waals surface area contributed by atoms with Crippen molar-refractivity contribution in [1.82, 2.24) is 5.32 Å². The van der Waals surface area contributed by atoms with E-state index in [1.54, 1.807) is 6.92 Å². The van der Waals surface area contributed by atoms with Crippen molar-refractivity contribution in [2.24, 2.45) is 11.8 Å². The fraction of sp³-hybridized carbons (Fsp3) is 0.818. The number of hydrogen-bond donors (Lipinski definition) is 4. The van der Waals surface area contributed by atoms with Gasteiger partial charge in [0.2, 0.25) is 5.91 Å². The number of carboxylic acids is 3. The van der Waals surface area contributed by atoms with Crippen molar-refractivity contribution in [1.29, 1.82) is 0 Å². The fourth-order valence-corrected chi connectivity index (χ4v) is 4.86. The van der Waals surface area contributed by atoms with Gasteiger partial charge in [0.05, 0.1) is 31.7 Å². The van der Waals surface area contributed by atoms with Gasteiger partial charge >= 0.3 is 17.9 Å². The van der Waals surface area contributed by atoms with Gasteiger partial charge in [-0.25, -0.2) is 0 Å². The molecule has 0 saturated carbocycles. The SMILES string of the molecule is CC[C@H](CC(=O)COCCOCCNC(=O)CC[C@H](CC(=O)CCCCCCCCCCCCCCC(=O)O)C(=O)O)C(=O)O. The third kappa shape index (κ3) is 27.2. The molecule has 2 atom stereocenters. The lowest BCUT2D eigenvalue weighted by molar-refractivity contribution is -0.144. The zero-order chi connectivity index (χ0) is 33.7. The number of amides is 1. The lowest BCUT2D eigenvalue weighted by Crippen LogP contribution is -2.29. The number of unbranched alkanes of at least 4 members (excludes halogenated alkanes) is 11. The predicted molar refractivity (Wildman–Crippen MR) is 168 cm³/mol. The third-order valence-electron chi connectivity index (χ3n) is 7.66. The Morgan fingerprint density at radius 3 is 1.58 bits per heavy atom. The van der Waals surface area contributed by atoms with Gasteiger partial charge in [0.25, 0.3) is 0 Å². The average Bonchev–Trinajstić information content (AvgIpc) is 2.98. The number of Topliss-reactive ketones (excluding diaryl/α,β-unsaturated/α-hetero) is 2. The van der Waals surface area contributed by atoms with Crippen molar-refractivity contribution in [2.45, 2.75) is 129 Å². The molecular weight excluding hydrogens is 586 g/mol. The fourth-order valence-electron chi connectivity index (χ4n) is 4.86. The molecule has 0 spiro atoms. The largest absolute Gasteiger partial charge is 0.481 e. The molecule has 260 valence electrons. The van der Waals surface area contributed by atoms with Crippen LogP contribution in [0.3, 0.4) is 0 Å². The highest BCUT2D eigenvalue weighted by Gasteiger charge is 2.22. The van der Waals surface area contributed by atoms with Crippen LogP contribution in [-0.4, -0.2) is 83.7 Å². The van der Waals surface area contributed by atoms with E-state index in [1.807, 2.05) is 0 Å². The van der Waals surface area contributed by atoms with E-state index in [0.717, 1.165) is 57.8 Å². The van der Waals surface area contributed by atoms with Crippen molar-refractivity contribution < 1.29 is 53.6 Å². The molecule has 0 heterocycles. The molecule has 45 heavy (non-hydrogen) atoms. The van der Waals surface area contributed by atoms with Gasteiger partial charge in [-0.05, 0) is 25.7 Å². The summed E-state index contributed by atoms with van der Waals surface area (Å²) in [6.07, 6.45) is 13.5. The first kappa shape index (κ1) is 42.1. The molecule has 0 aromatic rings. The van der Waals surface area contributed by atoms with Crippen LogP contribution >= 0.6 is 0 Å². The van der Waals surface area contributed by atoms with Crippen LogP contribution in [0.1, 0.15) is 129 Å². The summed E-state index contributed by atoms with van der Waals surface area (Å²) in [5.41, 5.74) is 0. The second-order valence-electron chi connectivity index (χ2n) is 11.7. The Morgan fingerprint density at radius 1 is 0.578 bits per heavy atom. The molecule has 0 fully saturated rings. The van der Waals surface area contributed by atoms with Crippen molar-refractivity contribution in [3.05, 3.63) is 0 Å². The van der Waals surface area contributed by atoms with E-state index in [9.17, 15) is 33.9 Å². The second kappa shape index (κ2) is 28.6. The van der Waals surface area contributed by atoms with Crippen LogP contribution in [0.5, 0.6) is 0 Å². The maximum atomic E-state index is 12.3. The van der Waals surface area contributed by atoms with Crippen LogP contribution in [0.2, 0.25) is 0 Å². The highest BCUT2D eigenvalue weighted by atomic mass is 16.5. The number of nitrogens with one attached hydrogen (secondary N) is 1. The van der Waals surface area contributed by atoms with Crippen LogP contribution < -0.4 is 5.32 Å². The quantitative estimate of drug-likeness (QED) is 0.0687. The van der Waals surface area contributed by atoms with Gasteiger partial charge in [0, 0.05) is 38.6 Å². The molecule has 0 radical (unpaired) electrons. The second-order valence-corrected chi connectivity index (χ2v) is 11.7. The minimum Gasteiger partial charge on any atom is -0.481 e. The average molecular weight is 644 g/mol. The van der Waals surface area contributed by atoms with Crippen LogP contribution in [-0.2, 0) is 38.2 Å². The summed E-state index contributed by atoms with van der Waals surface area (Å²) >= 11 is 0. The summed E-state index contributed by atoms with van der Waals surface area (Å²) in [6.45, 7) is 2.31. The van der Waals surface area contributed by atoms with E-state index in [-0.39, 0.29) is 82.6 Å². The Hall–Kier alpha value is -2.86. The minimum atomic E-state index is -1.08. The summed E-state index contributed by atoms with van der Waals surface area (Å²) in [4.78, 5) is 69.2. The molecule has 0 aromatic heterocycles. The van der Waals surface area contributed by atoms with Crippen LogP contribution in [0.4, 0.5) is 0 Å². The lowest BCUT2D eigenvalue weighted by atomic mass is 9.94. The predicted octanol–water partition coefficient (Wildman–Crippen LogP) is 5.19. The smallest absolute Gasteiger partial charge is 0.306 e. The molecule has 0 aliphatic heterocycles. The number of aliphatic carboxylic acids is 3. The Kier molecular flexibility index (Phi) is 26.8. The molecule has 0 saturated heterocycles. The molecule has 0 unspecified atom stereocenters. The van der Waals surface area contributed by atoms with Gasteiger partial charge < -0.3 is 30.1 Å². The maximum absolute atomic E-state index is 12.3. The van der Waals surface area contributed by atoms with Crippen molar-refractivity contribution in [3.8, 4) is 0 Å². The number of carboxylic acid groups (broad SMARTS) is 3.